The van der Waals surface area contributed by atoms with Crippen molar-refractivity contribution in [2.75, 3.05) is 13.2 Å². The molecule has 150 valence electrons. The van der Waals surface area contributed by atoms with E-state index in [1.807, 2.05) is 0 Å². The van der Waals surface area contributed by atoms with Gasteiger partial charge in [0.25, 0.3) is 0 Å². The number of Topliss-reactive ketones (excluding diaryl/α,β-unsaturated/α-hetero) is 1. The highest BCUT2D eigenvalue weighted by Gasteiger charge is 2.14. The zero-order chi connectivity index (χ0) is 20.9. The lowest BCUT2D eigenvalue weighted by molar-refractivity contribution is 0.101. The van der Waals surface area contributed by atoms with Gasteiger partial charge < -0.3 is 4.74 Å². The predicted octanol–water partition coefficient (Wildman–Crippen LogP) is 2.84. The summed E-state index contributed by atoms with van der Waals surface area (Å²) in [7, 11) is -3.71. The van der Waals surface area contributed by atoms with Gasteiger partial charge in [-0.1, -0.05) is 12.1 Å². The molecule has 7 nitrogen and oxygen atoms in total. The summed E-state index contributed by atoms with van der Waals surface area (Å²) < 4.78 is 45.3. The standard InChI is InChI=1S/C20H18FN3O4S/c1-14(25)15-4-8-18(9-5-15)29(26,27)22-12-13-28-20-11-10-19(23-24-20)16-2-6-17(21)7-3-16/h2-11,22H,12-13H2,1H3. The molecule has 0 aliphatic heterocycles. The van der Waals surface area contributed by atoms with Crippen molar-refractivity contribution in [3.05, 3.63) is 72.0 Å². The Hall–Kier alpha value is -3.17. The molecule has 0 saturated heterocycles. The normalized spacial score (nSPS) is 11.2. The first-order chi connectivity index (χ1) is 13.8. The second-order valence-corrected chi connectivity index (χ2v) is 7.86. The lowest BCUT2D eigenvalue weighted by Gasteiger charge is -2.08. The molecule has 0 aliphatic carbocycles. The van der Waals surface area contributed by atoms with E-state index in [4.69, 9.17) is 4.74 Å². The first-order valence-corrected chi connectivity index (χ1v) is 10.2. The fourth-order valence-corrected chi connectivity index (χ4v) is 3.47. The monoisotopic (exact) mass is 415 g/mol. The van der Waals surface area contributed by atoms with Crippen LogP contribution in [0, 0.1) is 5.82 Å². The molecule has 0 fully saturated rings. The predicted molar refractivity (Wildman–Crippen MR) is 105 cm³/mol. The molecule has 0 radical (unpaired) electrons. The van der Waals surface area contributed by atoms with Gasteiger partial charge in [0, 0.05) is 23.7 Å². The van der Waals surface area contributed by atoms with E-state index in [2.05, 4.69) is 14.9 Å². The second kappa shape index (κ2) is 8.89. The van der Waals surface area contributed by atoms with Crippen LogP contribution in [0.4, 0.5) is 4.39 Å². The van der Waals surface area contributed by atoms with Gasteiger partial charge in [-0.25, -0.2) is 17.5 Å². The van der Waals surface area contributed by atoms with E-state index in [0.717, 1.165) is 0 Å². The van der Waals surface area contributed by atoms with Gasteiger partial charge >= 0.3 is 0 Å². The number of hydrogen-bond acceptors (Lipinski definition) is 6. The van der Waals surface area contributed by atoms with Crippen LogP contribution in [0.1, 0.15) is 17.3 Å². The third-order valence-electron chi connectivity index (χ3n) is 4.00. The van der Waals surface area contributed by atoms with E-state index >= 15 is 0 Å². The Morgan fingerprint density at radius 1 is 1.00 bits per heavy atom. The van der Waals surface area contributed by atoms with Gasteiger partial charge in [-0.05, 0) is 49.4 Å². The number of nitrogens with one attached hydrogen (secondary N) is 1. The summed E-state index contributed by atoms with van der Waals surface area (Å²) in [5.74, 6) is -0.235. The Bertz CT molecular complexity index is 1080. The van der Waals surface area contributed by atoms with Gasteiger partial charge in [0.1, 0.15) is 12.4 Å². The number of carbonyl (C=O) groups excluding carboxylic acids is 1. The smallest absolute Gasteiger partial charge is 0.240 e. The van der Waals surface area contributed by atoms with Gasteiger partial charge in [0.15, 0.2) is 5.78 Å². The maximum atomic E-state index is 13.0. The third-order valence-corrected chi connectivity index (χ3v) is 5.47. The second-order valence-electron chi connectivity index (χ2n) is 6.09. The first kappa shape index (κ1) is 20.6. The molecule has 0 unspecified atom stereocenters. The number of aromatic nitrogens is 2. The number of nitrogens with zero attached hydrogens (tertiary/aromatic N) is 2. The molecule has 0 spiro atoms. The number of halogens is 1. The molecular formula is C20H18FN3O4S. The zero-order valence-electron chi connectivity index (χ0n) is 15.5. The summed E-state index contributed by atoms with van der Waals surface area (Å²) >= 11 is 0. The Balaban J connectivity index is 1.52. The Labute approximate surface area is 167 Å². The van der Waals surface area contributed by atoms with Crippen LogP contribution in [0.15, 0.2) is 65.6 Å². The quantitative estimate of drug-likeness (QED) is 0.449. The van der Waals surface area contributed by atoms with Crippen LogP contribution in [0.3, 0.4) is 0 Å². The minimum absolute atomic E-state index is 0.0260. The fraction of sp³-hybridized carbons (Fsp3) is 0.150. The summed E-state index contributed by atoms with van der Waals surface area (Å²) in [5.41, 5.74) is 1.72. The Kier molecular flexibility index (Phi) is 6.30. The zero-order valence-corrected chi connectivity index (χ0v) is 16.3. The van der Waals surface area contributed by atoms with Crippen molar-refractivity contribution in [1.29, 1.82) is 0 Å². The number of hydrogen-bond donors (Lipinski definition) is 1. The lowest BCUT2D eigenvalue weighted by Crippen LogP contribution is -2.28. The first-order valence-electron chi connectivity index (χ1n) is 8.68. The van der Waals surface area contributed by atoms with Crippen LogP contribution in [-0.2, 0) is 10.0 Å². The number of carbonyl (C=O) groups is 1. The molecule has 9 heteroatoms. The minimum Gasteiger partial charge on any atom is -0.475 e. The van der Waals surface area contributed by atoms with Crippen molar-refractivity contribution in [2.24, 2.45) is 0 Å². The molecule has 3 aromatic rings. The Morgan fingerprint density at radius 2 is 1.69 bits per heavy atom. The molecule has 1 N–H and O–H groups in total. The highest BCUT2D eigenvalue weighted by molar-refractivity contribution is 7.89. The summed E-state index contributed by atoms with van der Waals surface area (Å²) in [6.45, 7) is 1.49. The Morgan fingerprint density at radius 3 is 2.28 bits per heavy atom. The van der Waals surface area contributed by atoms with Crippen LogP contribution in [0.25, 0.3) is 11.3 Å². The van der Waals surface area contributed by atoms with E-state index in [1.165, 1.54) is 43.3 Å². The van der Waals surface area contributed by atoms with Crippen molar-refractivity contribution in [2.45, 2.75) is 11.8 Å². The van der Waals surface area contributed by atoms with Crippen molar-refractivity contribution >= 4 is 15.8 Å². The average molecular weight is 415 g/mol. The SMILES string of the molecule is CC(=O)c1ccc(S(=O)(=O)NCCOc2ccc(-c3ccc(F)cc3)nn2)cc1. The molecule has 1 heterocycles. The summed E-state index contributed by atoms with van der Waals surface area (Å²) in [6, 6.07) is 14.8. The van der Waals surface area contributed by atoms with Crippen molar-refractivity contribution in [3.63, 3.8) is 0 Å². The largest absolute Gasteiger partial charge is 0.475 e. The number of sulfonamides is 1. The molecule has 0 bridgehead atoms. The van der Waals surface area contributed by atoms with Crippen LogP contribution < -0.4 is 9.46 Å². The van der Waals surface area contributed by atoms with Crippen molar-refractivity contribution in [3.8, 4) is 17.1 Å². The lowest BCUT2D eigenvalue weighted by atomic mass is 10.1. The van der Waals surface area contributed by atoms with Gasteiger partial charge in [-0.2, -0.15) is 0 Å². The number of ketones is 1. The molecule has 2 aromatic carbocycles. The van der Waals surface area contributed by atoms with Gasteiger partial charge in [-0.3, -0.25) is 4.79 Å². The van der Waals surface area contributed by atoms with Crippen LogP contribution in [0.2, 0.25) is 0 Å². The number of benzene rings is 2. The van der Waals surface area contributed by atoms with Gasteiger partial charge in [0.2, 0.25) is 15.9 Å². The van der Waals surface area contributed by atoms with Crippen molar-refractivity contribution in [1.82, 2.24) is 14.9 Å². The van der Waals surface area contributed by atoms with E-state index < -0.39 is 10.0 Å². The molecule has 0 amide bonds. The number of rotatable bonds is 8. The van der Waals surface area contributed by atoms with Crippen LogP contribution in [-0.4, -0.2) is 37.6 Å². The molecule has 0 aliphatic rings. The van der Waals surface area contributed by atoms with E-state index in [9.17, 15) is 17.6 Å². The molecule has 1 aromatic heterocycles. The maximum absolute atomic E-state index is 13.0. The average Bonchev–Trinajstić information content (AvgIpc) is 2.72. The van der Waals surface area contributed by atoms with Crippen molar-refractivity contribution < 1.29 is 22.3 Å². The highest BCUT2D eigenvalue weighted by Crippen LogP contribution is 2.18. The molecule has 29 heavy (non-hydrogen) atoms. The van der Waals surface area contributed by atoms with E-state index in [-0.39, 0.29) is 35.5 Å². The number of ether oxygens (including phenoxy) is 1. The third kappa shape index (κ3) is 5.43. The van der Waals surface area contributed by atoms with E-state index in [0.29, 0.717) is 16.8 Å². The summed E-state index contributed by atoms with van der Waals surface area (Å²) in [5, 5.41) is 7.93. The van der Waals surface area contributed by atoms with Crippen LogP contribution >= 0.6 is 0 Å². The molecular weight excluding hydrogens is 397 g/mol. The summed E-state index contributed by atoms with van der Waals surface area (Å²) in [4.78, 5) is 11.3. The van der Waals surface area contributed by atoms with Gasteiger partial charge in [-0.15, -0.1) is 10.2 Å². The minimum atomic E-state index is -3.71. The summed E-state index contributed by atoms with van der Waals surface area (Å²) in [6.07, 6.45) is 0. The molecule has 0 atom stereocenters. The fourth-order valence-electron chi connectivity index (χ4n) is 2.46. The van der Waals surface area contributed by atoms with Crippen LogP contribution in [0.5, 0.6) is 5.88 Å². The maximum Gasteiger partial charge on any atom is 0.240 e. The molecule has 0 saturated carbocycles. The molecule has 3 rings (SSSR count). The van der Waals surface area contributed by atoms with Gasteiger partial charge in [0.05, 0.1) is 10.6 Å². The van der Waals surface area contributed by atoms with E-state index in [1.54, 1.807) is 24.3 Å². The highest BCUT2D eigenvalue weighted by atomic mass is 32.2. The topological polar surface area (TPSA) is 98.2 Å².